The summed E-state index contributed by atoms with van der Waals surface area (Å²) in [6.45, 7) is 6.30. The van der Waals surface area contributed by atoms with Gasteiger partial charge < -0.3 is 15.8 Å². The van der Waals surface area contributed by atoms with Crippen LogP contribution in [0.3, 0.4) is 0 Å². The molecule has 0 aromatic carbocycles. The fourth-order valence-electron chi connectivity index (χ4n) is 2.65. The van der Waals surface area contributed by atoms with Crippen LogP contribution in [0.25, 0.3) is 0 Å². The number of nitrogens with two attached hydrogens (primary N) is 1. The van der Waals surface area contributed by atoms with E-state index in [1.165, 1.54) is 12.8 Å². The monoisotopic (exact) mass is 255 g/mol. The molecule has 104 valence electrons. The molecule has 5 heteroatoms. The summed E-state index contributed by atoms with van der Waals surface area (Å²) in [4.78, 5) is 14.6. The first-order valence-electron chi connectivity index (χ1n) is 6.80. The van der Waals surface area contributed by atoms with E-state index in [9.17, 15) is 4.79 Å². The summed E-state index contributed by atoms with van der Waals surface area (Å²) < 4.78 is 0. The topological polar surface area (TPSA) is 78.9 Å². The molecule has 3 N–H and O–H groups in total. The fraction of sp³-hybridized carbons (Fsp3) is 0.846. The summed E-state index contributed by atoms with van der Waals surface area (Å²) in [5.74, 6) is -0.0128. The molecule has 0 radical (unpaired) electrons. The zero-order chi connectivity index (χ0) is 13.8. The predicted molar refractivity (Wildman–Crippen MR) is 71.4 cm³/mol. The van der Waals surface area contributed by atoms with Gasteiger partial charge in [0.05, 0.1) is 0 Å². The minimum absolute atomic E-state index is 0.00597. The molecule has 1 atom stereocenters. The molecule has 0 aromatic heterocycles. The molecule has 1 unspecified atom stereocenters. The standard InChI is InChI=1S/C13H25N3O2/c1-4-13(3,11(14)15-18)12(17)16(5-2)10-8-6-7-9-10/h10,18H,4-9H2,1-3H3,(H2,14,15). The number of carbonyl (C=O) groups is 1. The molecule has 1 aliphatic carbocycles. The Kier molecular flexibility index (Phi) is 4.99. The number of amidine groups is 1. The minimum atomic E-state index is -0.895. The molecule has 1 rings (SSSR count). The third kappa shape index (κ3) is 2.60. The zero-order valence-electron chi connectivity index (χ0n) is 11.6. The van der Waals surface area contributed by atoms with Crippen LogP contribution in [0.15, 0.2) is 5.16 Å². The van der Waals surface area contributed by atoms with Crippen molar-refractivity contribution in [3.8, 4) is 0 Å². The van der Waals surface area contributed by atoms with Gasteiger partial charge in [0.1, 0.15) is 5.41 Å². The smallest absolute Gasteiger partial charge is 0.236 e. The van der Waals surface area contributed by atoms with E-state index in [0.29, 0.717) is 19.0 Å². The maximum Gasteiger partial charge on any atom is 0.236 e. The molecule has 18 heavy (non-hydrogen) atoms. The molecule has 0 spiro atoms. The number of oxime groups is 1. The summed E-state index contributed by atoms with van der Waals surface area (Å²) in [5, 5.41) is 11.9. The molecule has 0 saturated heterocycles. The highest BCUT2D eigenvalue weighted by molar-refractivity contribution is 6.06. The molecule has 0 aromatic rings. The lowest BCUT2D eigenvalue weighted by Crippen LogP contribution is -2.52. The Bertz CT molecular complexity index is 324. The van der Waals surface area contributed by atoms with Crippen LogP contribution in [0.5, 0.6) is 0 Å². The van der Waals surface area contributed by atoms with Crippen molar-refractivity contribution in [2.45, 2.75) is 58.9 Å². The van der Waals surface area contributed by atoms with Crippen molar-refractivity contribution in [2.75, 3.05) is 6.54 Å². The predicted octanol–water partition coefficient (Wildman–Crippen LogP) is 1.94. The van der Waals surface area contributed by atoms with E-state index in [2.05, 4.69) is 5.16 Å². The van der Waals surface area contributed by atoms with Gasteiger partial charge in [0, 0.05) is 12.6 Å². The zero-order valence-corrected chi connectivity index (χ0v) is 11.6. The third-order valence-electron chi connectivity index (χ3n) is 4.22. The Hall–Kier alpha value is -1.26. The van der Waals surface area contributed by atoms with Crippen LogP contribution in [0.2, 0.25) is 0 Å². The Morgan fingerprint density at radius 1 is 1.44 bits per heavy atom. The van der Waals surface area contributed by atoms with Crippen molar-refractivity contribution in [1.29, 1.82) is 0 Å². The first kappa shape index (κ1) is 14.8. The van der Waals surface area contributed by atoms with Gasteiger partial charge >= 0.3 is 0 Å². The van der Waals surface area contributed by atoms with Crippen LogP contribution >= 0.6 is 0 Å². The van der Waals surface area contributed by atoms with Gasteiger partial charge in [-0.05, 0) is 33.1 Å². The SMILES string of the molecule is CCN(C(=O)C(C)(CC)C(N)=NO)C1CCCC1. The second kappa shape index (κ2) is 6.07. The highest BCUT2D eigenvalue weighted by Crippen LogP contribution is 2.30. The summed E-state index contributed by atoms with van der Waals surface area (Å²) in [7, 11) is 0. The van der Waals surface area contributed by atoms with Crippen molar-refractivity contribution in [3.05, 3.63) is 0 Å². The van der Waals surface area contributed by atoms with Crippen LogP contribution in [-0.2, 0) is 4.79 Å². The number of rotatable bonds is 5. The summed E-state index contributed by atoms with van der Waals surface area (Å²) in [5.41, 5.74) is 4.81. The molecule has 1 amide bonds. The van der Waals surface area contributed by atoms with Gasteiger partial charge in [0.15, 0.2) is 5.84 Å². The highest BCUT2D eigenvalue weighted by Gasteiger charge is 2.41. The van der Waals surface area contributed by atoms with Gasteiger partial charge in [-0.25, -0.2) is 0 Å². The van der Waals surface area contributed by atoms with E-state index in [1.54, 1.807) is 6.92 Å². The average molecular weight is 255 g/mol. The largest absolute Gasteiger partial charge is 0.409 e. The van der Waals surface area contributed by atoms with Crippen molar-refractivity contribution < 1.29 is 10.0 Å². The second-order valence-electron chi connectivity index (χ2n) is 5.20. The lowest BCUT2D eigenvalue weighted by atomic mass is 9.84. The van der Waals surface area contributed by atoms with Gasteiger partial charge in [-0.1, -0.05) is 24.9 Å². The number of nitrogens with zero attached hydrogens (tertiary/aromatic N) is 2. The van der Waals surface area contributed by atoms with Gasteiger partial charge in [-0.3, -0.25) is 4.79 Å². The van der Waals surface area contributed by atoms with Gasteiger partial charge in [0.2, 0.25) is 5.91 Å². The van der Waals surface area contributed by atoms with E-state index in [0.717, 1.165) is 12.8 Å². The first-order chi connectivity index (χ1) is 8.51. The van der Waals surface area contributed by atoms with Gasteiger partial charge in [-0.2, -0.15) is 0 Å². The van der Waals surface area contributed by atoms with E-state index in [1.807, 2.05) is 18.7 Å². The molecule has 0 bridgehead atoms. The van der Waals surface area contributed by atoms with Crippen molar-refractivity contribution in [3.63, 3.8) is 0 Å². The number of amides is 1. The van der Waals surface area contributed by atoms with Crippen LogP contribution in [0.1, 0.15) is 52.9 Å². The fourth-order valence-corrected chi connectivity index (χ4v) is 2.65. The Labute approximate surface area is 109 Å². The maximum absolute atomic E-state index is 12.7. The molecular weight excluding hydrogens is 230 g/mol. The quantitative estimate of drug-likeness (QED) is 0.341. The average Bonchev–Trinajstić information content (AvgIpc) is 2.91. The van der Waals surface area contributed by atoms with Crippen LogP contribution in [0.4, 0.5) is 0 Å². The molecule has 0 heterocycles. The summed E-state index contributed by atoms with van der Waals surface area (Å²) >= 11 is 0. The Morgan fingerprint density at radius 2 is 2.00 bits per heavy atom. The highest BCUT2D eigenvalue weighted by atomic mass is 16.4. The Balaban J connectivity index is 2.93. The van der Waals surface area contributed by atoms with E-state index < -0.39 is 5.41 Å². The van der Waals surface area contributed by atoms with Gasteiger partial charge in [0.25, 0.3) is 0 Å². The van der Waals surface area contributed by atoms with Crippen molar-refractivity contribution in [1.82, 2.24) is 4.90 Å². The molecule has 0 aliphatic heterocycles. The van der Waals surface area contributed by atoms with Gasteiger partial charge in [-0.15, -0.1) is 0 Å². The second-order valence-corrected chi connectivity index (χ2v) is 5.20. The minimum Gasteiger partial charge on any atom is -0.409 e. The molecule has 1 aliphatic rings. The number of hydrogen-bond acceptors (Lipinski definition) is 3. The van der Waals surface area contributed by atoms with E-state index >= 15 is 0 Å². The maximum atomic E-state index is 12.7. The lowest BCUT2D eigenvalue weighted by Gasteiger charge is -2.36. The number of carbonyl (C=O) groups excluding carboxylic acids is 1. The Morgan fingerprint density at radius 3 is 2.39 bits per heavy atom. The summed E-state index contributed by atoms with van der Waals surface area (Å²) in [6.07, 6.45) is 5.03. The van der Waals surface area contributed by atoms with Crippen molar-refractivity contribution >= 4 is 11.7 Å². The van der Waals surface area contributed by atoms with Crippen molar-refractivity contribution in [2.24, 2.45) is 16.3 Å². The van der Waals surface area contributed by atoms with Crippen LogP contribution in [-0.4, -0.2) is 34.4 Å². The van der Waals surface area contributed by atoms with Crippen LogP contribution < -0.4 is 5.73 Å². The van der Waals surface area contributed by atoms with E-state index in [-0.39, 0.29) is 11.7 Å². The lowest BCUT2D eigenvalue weighted by molar-refractivity contribution is -0.140. The normalized spacial score (nSPS) is 20.7. The molecule has 1 saturated carbocycles. The van der Waals surface area contributed by atoms with E-state index in [4.69, 9.17) is 10.9 Å². The molecule has 1 fully saturated rings. The third-order valence-corrected chi connectivity index (χ3v) is 4.22. The molecular formula is C13H25N3O2. The molecule has 5 nitrogen and oxygen atoms in total. The van der Waals surface area contributed by atoms with Crippen LogP contribution in [0, 0.1) is 5.41 Å². The number of hydrogen-bond donors (Lipinski definition) is 2. The first-order valence-corrected chi connectivity index (χ1v) is 6.80. The summed E-state index contributed by atoms with van der Waals surface area (Å²) in [6, 6.07) is 0.319.